The Bertz CT molecular complexity index is 451. The molecule has 1 aliphatic rings. The summed E-state index contributed by atoms with van der Waals surface area (Å²) in [7, 11) is 0. The van der Waals surface area contributed by atoms with Gasteiger partial charge in [-0.25, -0.2) is 0 Å². The number of Topliss-reactive ketones (excluding diaryl/α,β-unsaturated/α-hetero) is 1. The molecule has 1 aromatic rings. The molecule has 1 fully saturated rings. The highest BCUT2D eigenvalue weighted by atomic mass is 16.5. The van der Waals surface area contributed by atoms with Crippen LogP contribution in [-0.2, 0) is 0 Å². The van der Waals surface area contributed by atoms with Gasteiger partial charge >= 0.3 is 0 Å². The van der Waals surface area contributed by atoms with Crippen molar-refractivity contribution < 1.29 is 9.53 Å². The van der Waals surface area contributed by atoms with Gasteiger partial charge in [-0.3, -0.25) is 4.79 Å². The maximum absolute atomic E-state index is 11.4. The van der Waals surface area contributed by atoms with Gasteiger partial charge in [0.2, 0.25) is 0 Å². The van der Waals surface area contributed by atoms with Crippen molar-refractivity contribution in [3.63, 3.8) is 0 Å². The standard InChI is InChI=1S/C17H24O2/c1-4-14-7-5-6-8-17(14)19-16-10-9-15(13(3)18)11-12(16)2/h9-11,14,17H,4-8H2,1-3H3. The molecule has 0 aromatic heterocycles. The van der Waals surface area contributed by atoms with Gasteiger partial charge in [0, 0.05) is 5.56 Å². The number of aryl methyl sites for hydroxylation is 1. The van der Waals surface area contributed by atoms with Crippen molar-refractivity contribution in [1.29, 1.82) is 0 Å². The second-order valence-corrected chi connectivity index (χ2v) is 5.65. The summed E-state index contributed by atoms with van der Waals surface area (Å²) < 4.78 is 6.21. The van der Waals surface area contributed by atoms with Crippen molar-refractivity contribution >= 4 is 5.78 Å². The molecule has 0 spiro atoms. The van der Waals surface area contributed by atoms with E-state index in [1.54, 1.807) is 6.92 Å². The second kappa shape index (κ2) is 6.23. The van der Waals surface area contributed by atoms with Crippen molar-refractivity contribution in [3.05, 3.63) is 29.3 Å². The lowest BCUT2D eigenvalue weighted by Crippen LogP contribution is -2.30. The zero-order valence-corrected chi connectivity index (χ0v) is 12.2. The van der Waals surface area contributed by atoms with Gasteiger partial charge in [0.05, 0.1) is 0 Å². The van der Waals surface area contributed by atoms with Crippen LogP contribution >= 0.6 is 0 Å². The topological polar surface area (TPSA) is 26.3 Å². The summed E-state index contributed by atoms with van der Waals surface area (Å²) >= 11 is 0. The Kier molecular flexibility index (Phi) is 4.62. The van der Waals surface area contributed by atoms with Gasteiger partial charge in [-0.2, -0.15) is 0 Å². The summed E-state index contributed by atoms with van der Waals surface area (Å²) in [4.78, 5) is 11.4. The lowest BCUT2D eigenvalue weighted by Gasteiger charge is -2.31. The minimum absolute atomic E-state index is 0.110. The number of carbonyl (C=O) groups excluding carboxylic acids is 1. The Morgan fingerprint density at radius 1 is 1.32 bits per heavy atom. The SMILES string of the molecule is CCC1CCCCC1Oc1ccc(C(C)=O)cc1C. The van der Waals surface area contributed by atoms with E-state index < -0.39 is 0 Å². The summed E-state index contributed by atoms with van der Waals surface area (Å²) in [6.45, 7) is 5.87. The highest BCUT2D eigenvalue weighted by Crippen LogP contribution is 2.31. The molecule has 2 atom stereocenters. The van der Waals surface area contributed by atoms with Crippen LogP contribution in [0.2, 0.25) is 0 Å². The van der Waals surface area contributed by atoms with Gasteiger partial charge in [0.15, 0.2) is 5.78 Å². The molecule has 1 aromatic carbocycles. The molecular formula is C17H24O2. The van der Waals surface area contributed by atoms with E-state index in [9.17, 15) is 4.79 Å². The van der Waals surface area contributed by atoms with E-state index in [0.29, 0.717) is 12.0 Å². The van der Waals surface area contributed by atoms with Crippen LogP contribution in [0.4, 0.5) is 0 Å². The van der Waals surface area contributed by atoms with E-state index >= 15 is 0 Å². The number of hydrogen-bond acceptors (Lipinski definition) is 2. The van der Waals surface area contributed by atoms with Crippen LogP contribution in [0.1, 0.15) is 61.9 Å². The van der Waals surface area contributed by atoms with E-state index in [4.69, 9.17) is 4.74 Å². The number of carbonyl (C=O) groups is 1. The predicted octanol–water partition coefficient (Wildman–Crippen LogP) is 4.55. The Balaban J connectivity index is 2.11. The lowest BCUT2D eigenvalue weighted by atomic mass is 9.84. The van der Waals surface area contributed by atoms with Crippen LogP contribution in [0.25, 0.3) is 0 Å². The third kappa shape index (κ3) is 3.37. The van der Waals surface area contributed by atoms with Crippen molar-refractivity contribution in [3.8, 4) is 5.75 Å². The normalized spacial score (nSPS) is 23.1. The third-order valence-corrected chi connectivity index (χ3v) is 4.22. The minimum atomic E-state index is 0.110. The van der Waals surface area contributed by atoms with Crippen LogP contribution in [0, 0.1) is 12.8 Å². The summed E-state index contributed by atoms with van der Waals surface area (Å²) in [5.41, 5.74) is 1.83. The average molecular weight is 260 g/mol. The molecular weight excluding hydrogens is 236 g/mol. The monoisotopic (exact) mass is 260 g/mol. The van der Waals surface area contributed by atoms with E-state index in [0.717, 1.165) is 23.3 Å². The first kappa shape index (κ1) is 14.1. The largest absolute Gasteiger partial charge is 0.490 e. The number of hydrogen-bond donors (Lipinski definition) is 0. The summed E-state index contributed by atoms with van der Waals surface area (Å²) in [5.74, 6) is 1.73. The van der Waals surface area contributed by atoms with Crippen LogP contribution in [0.3, 0.4) is 0 Å². The van der Waals surface area contributed by atoms with Gasteiger partial charge in [-0.05, 0) is 69.2 Å². The maximum Gasteiger partial charge on any atom is 0.159 e. The first-order valence-electron chi connectivity index (χ1n) is 7.40. The molecule has 2 unspecified atom stereocenters. The molecule has 1 aliphatic carbocycles. The minimum Gasteiger partial charge on any atom is -0.490 e. The molecule has 2 nitrogen and oxygen atoms in total. The molecule has 104 valence electrons. The van der Waals surface area contributed by atoms with Crippen molar-refractivity contribution in [2.45, 2.75) is 59.0 Å². The molecule has 0 N–H and O–H groups in total. The van der Waals surface area contributed by atoms with Crippen molar-refractivity contribution in [2.24, 2.45) is 5.92 Å². The maximum atomic E-state index is 11.4. The molecule has 1 saturated carbocycles. The van der Waals surface area contributed by atoms with Crippen molar-refractivity contribution in [1.82, 2.24) is 0 Å². The number of ether oxygens (including phenoxy) is 1. The highest BCUT2D eigenvalue weighted by molar-refractivity contribution is 5.94. The van der Waals surface area contributed by atoms with Gasteiger partial charge in [-0.15, -0.1) is 0 Å². The lowest BCUT2D eigenvalue weighted by molar-refractivity contribution is 0.0896. The fraction of sp³-hybridized carbons (Fsp3) is 0.588. The van der Waals surface area contributed by atoms with Gasteiger partial charge < -0.3 is 4.74 Å². The third-order valence-electron chi connectivity index (χ3n) is 4.22. The van der Waals surface area contributed by atoms with E-state index in [2.05, 4.69) is 6.92 Å². The molecule has 0 amide bonds. The summed E-state index contributed by atoms with van der Waals surface area (Å²) in [6, 6.07) is 5.75. The van der Waals surface area contributed by atoms with Crippen LogP contribution in [-0.4, -0.2) is 11.9 Å². The van der Waals surface area contributed by atoms with E-state index in [1.807, 2.05) is 25.1 Å². The van der Waals surface area contributed by atoms with Gasteiger partial charge in [0.25, 0.3) is 0 Å². The number of ketones is 1. The first-order chi connectivity index (χ1) is 9.11. The molecule has 0 heterocycles. The molecule has 2 rings (SSSR count). The van der Waals surface area contributed by atoms with Crippen LogP contribution in [0.15, 0.2) is 18.2 Å². The Labute approximate surface area is 116 Å². The predicted molar refractivity (Wildman–Crippen MR) is 77.8 cm³/mol. The van der Waals surface area contributed by atoms with Crippen LogP contribution < -0.4 is 4.74 Å². The smallest absolute Gasteiger partial charge is 0.159 e. The Hall–Kier alpha value is -1.31. The number of rotatable bonds is 4. The average Bonchev–Trinajstić information content (AvgIpc) is 2.41. The fourth-order valence-corrected chi connectivity index (χ4v) is 2.96. The second-order valence-electron chi connectivity index (χ2n) is 5.65. The van der Waals surface area contributed by atoms with E-state index in [-0.39, 0.29) is 5.78 Å². The fourth-order valence-electron chi connectivity index (χ4n) is 2.96. The quantitative estimate of drug-likeness (QED) is 0.743. The zero-order valence-electron chi connectivity index (χ0n) is 12.2. The molecule has 0 radical (unpaired) electrons. The molecule has 2 heteroatoms. The molecule has 19 heavy (non-hydrogen) atoms. The van der Waals surface area contributed by atoms with Gasteiger partial charge in [-0.1, -0.05) is 13.3 Å². The summed E-state index contributed by atoms with van der Waals surface area (Å²) in [5, 5.41) is 0. The Morgan fingerprint density at radius 3 is 2.68 bits per heavy atom. The summed E-state index contributed by atoms with van der Waals surface area (Å²) in [6.07, 6.45) is 6.58. The molecule has 0 aliphatic heterocycles. The first-order valence-corrected chi connectivity index (χ1v) is 7.40. The molecule has 0 bridgehead atoms. The highest BCUT2D eigenvalue weighted by Gasteiger charge is 2.25. The van der Waals surface area contributed by atoms with Crippen LogP contribution in [0.5, 0.6) is 5.75 Å². The molecule has 0 saturated heterocycles. The Morgan fingerprint density at radius 2 is 2.05 bits per heavy atom. The van der Waals surface area contributed by atoms with E-state index in [1.165, 1.54) is 25.7 Å². The zero-order chi connectivity index (χ0) is 13.8. The van der Waals surface area contributed by atoms with Crippen molar-refractivity contribution in [2.75, 3.05) is 0 Å². The van der Waals surface area contributed by atoms with Gasteiger partial charge in [0.1, 0.15) is 11.9 Å². The number of benzene rings is 1.